The van der Waals surface area contributed by atoms with Crippen LogP contribution in [-0.4, -0.2) is 96.7 Å². The second-order valence-corrected chi connectivity index (χ2v) is 28.9. The molecule has 0 heterocycles. The Morgan fingerprint density at radius 2 is 0.573 bits per heavy atom. The van der Waals surface area contributed by atoms with Crippen molar-refractivity contribution >= 4 is 39.5 Å². The molecule has 0 spiro atoms. The highest BCUT2D eigenvalue weighted by Crippen LogP contribution is 2.45. The van der Waals surface area contributed by atoms with E-state index < -0.39 is 97.5 Å². The average Bonchev–Trinajstić information content (AvgIpc) is 3.61. The number of ether oxygens (including phenoxy) is 4. The lowest BCUT2D eigenvalue weighted by atomic mass is 10.00. The van der Waals surface area contributed by atoms with E-state index in [-0.39, 0.29) is 25.7 Å². The summed E-state index contributed by atoms with van der Waals surface area (Å²) in [5, 5.41) is 10.6. The van der Waals surface area contributed by atoms with Gasteiger partial charge in [0.15, 0.2) is 12.2 Å². The molecule has 3 N–H and O–H groups in total. The maximum Gasteiger partial charge on any atom is 0.472 e. The van der Waals surface area contributed by atoms with Crippen molar-refractivity contribution in [1.82, 2.24) is 0 Å². The molecule has 0 aromatic carbocycles. The summed E-state index contributed by atoms with van der Waals surface area (Å²) in [6, 6.07) is 0. The maximum absolute atomic E-state index is 13.0. The number of unbranched alkanes of at least 4 members (excludes halogenated alkanes) is 38. The molecule has 0 aliphatic rings. The fraction of sp³-hybridized carbons (Fsp3) is 0.943. The zero-order valence-electron chi connectivity index (χ0n) is 57.7. The Labute approximate surface area is 543 Å². The second kappa shape index (κ2) is 62.2. The molecule has 0 saturated carbocycles. The van der Waals surface area contributed by atoms with Gasteiger partial charge in [0.1, 0.15) is 19.3 Å². The largest absolute Gasteiger partial charge is 0.472 e. The number of esters is 4. The van der Waals surface area contributed by atoms with Gasteiger partial charge in [-0.15, -0.1) is 0 Å². The van der Waals surface area contributed by atoms with Gasteiger partial charge in [-0.1, -0.05) is 305 Å². The van der Waals surface area contributed by atoms with Crippen LogP contribution in [0.1, 0.15) is 356 Å². The number of phosphoric ester groups is 2. The number of aliphatic hydroxyl groups is 1. The van der Waals surface area contributed by atoms with Crippen LogP contribution in [0.25, 0.3) is 0 Å². The molecule has 19 heteroatoms. The first-order chi connectivity index (χ1) is 42.9. The molecule has 528 valence electrons. The predicted molar refractivity (Wildman–Crippen MR) is 358 cm³/mol. The van der Waals surface area contributed by atoms with E-state index in [1.54, 1.807) is 0 Å². The van der Waals surface area contributed by atoms with Gasteiger partial charge < -0.3 is 33.8 Å². The van der Waals surface area contributed by atoms with E-state index in [1.807, 2.05) is 0 Å². The van der Waals surface area contributed by atoms with Crippen LogP contribution in [0.4, 0.5) is 0 Å². The van der Waals surface area contributed by atoms with Gasteiger partial charge in [0, 0.05) is 25.7 Å². The minimum Gasteiger partial charge on any atom is -0.462 e. The molecule has 6 atom stereocenters. The number of phosphoric acid groups is 2. The van der Waals surface area contributed by atoms with E-state index in [4.69, 9.17) is 37.0 Å². The number of aliphatic hydroxyl groups excluding tert-OH is 1. The Morgan fingerprint density at radius 3 is 0.854 bits per heavy atom. The molecule has 0 aromatic rings. The monoisotopic (exact) mass is 1310 g/mol. The van der Waals surface area contributed by atoms with Crippen LogP contribution in [0.2, 0.25) is 0 Å². The second-order valence-electron chi connectivity index (χ2n) is 26.0. The Kier molecular flexibility index (Phi) is 60.8. The van der Waals surface area contributed by atoms with Gasteiger partial charge in [-0.3, -0.25) is 37.3 Å². The van der Waals surface area contributed by atoms with Crippen molar-refractivity contribution in [3.8, 4) is 0 Å². The highest BCUT2D eigenvalue weighted by atomic mass is 31.2. The topological polar surface area (TPSA) is 237 Å². The Hall–Kier alpha value is -1.94. The normalized spacial score (nSPS) is 14.4. The summed E-state index contributed by atoms with van der Waals surface area (Å²) in [6.07, 6.45) is 47.5. The summed E-state index contributed by atoms with van der Waals surface area (Å²) in [4.78, 5) is 72.4. The summed E-state index contributed by atoms with van der Waals surface area (Å²) in [6.45, 7) is 9.41. The summed E-state index contributed by atoms with van der Waals surface area (Å²) >= 11 is 0. The maximum atomic E-state index is 13.0. The highest BCUT2D eigenvalue weighted by molar-refractivity contribution is 7.47. The van der Waals surface area contributed by atoms with E-state index >= 15 is 0 Å². The van der Waals surface area contributed by atoms with E-state index in [0.717, 1.165) is 102 Å². The first-order valence-electron chi connectivity index (χ1n) is 36.5. The SMILES string of the molecule is CCCCCCCCCCCCCCCCCCCCCC(=O)O[C@H](COC(=O)CCCCCCCCCCCCC)COP(=O)(O)OC[C@@H](O)COP(=O)(O)OC[C@@H](COC(=O)CCCCCCCCC(C)C)OC(=O)CCCCCCCCC(C)CC. The summed E-state index contributed by atoms with van der Waals surface area (Å²) in [5.74, 6) is -0.730. The average molecular weight is 1310 g/mol. The van der Waals surface area contributed by atoms with Gasteiger partial charge in [-0.25, -0.2) is 9.13 Å². The van der Waals surface area contributed by atoms with Gasteiger partial charge >= 0.3 is 39.5 Å². The molecular formula is C70H136O17P2. The number of rotatable bonds is 69. The Balaban J connectivity index is 5.19. The number of carbonyl (C=O) groups excluding carboxylic acids is 4. The predicted octanol–water partition coefficient (Wildman–Crippen LogP) is 20.0. The quantitative estimate of drug-likeness (QED) is 0.0222. The van der Waals surface area contributed by atoms with E-state index in [9.17, 15) is 43.2 Å². The van der Waals surface area contributed by atoms with Crippen LogP contribution in [0.15, 0.2) is 0 Å². The van der Waals surface area contributed by atoms with Crippen LogP contribution in [0.5, 0.6) is 0 Å². The number of carbonyl (C=O) groups is 4. The molecule has 0 amide bonds. The third-order valence-electron chi connectivity index (χ3n) is 16.6. The van der Waals surface area contributed by atoms with Crippen molar-refractivity contribution < 1.29 is 80.2 Å². The molecular weight excluding hydrogens is 1170 g/mol. The van der Waals surface area contributed by atoms with Gasteiger partial charge in [0.2, 0.25) is 0 Å². The van der Waals surface area contributed by atoms with Crippen LogP contribution in [-0.2, 0) is 65.4 Å². The zero-order chi connectivity index (χ0) is 65.7. The molecule has 3 unspecified atom stereocenters. The lowest BCUT2D eigenvalue weighted by molar-refractivity contribution is -0.161. The number of hydrogen-bond acceptors (Lipinski definition) is 15. The minimum absolute atomic E-state index is 0.102. The van der Waals surface area contributed by atoms with Crippen molar-refractivity contribution in [2.45, 2.75) is 374 Å². The van der Waals surface area contributed by atoms with Crippen LogP contribution in [0, 0.1) is 11.8 Å². The number of hydrogen-bond donors (Lipinski definition) is 3. The molecule has 0 radical (unpaired) electrons. The Bertz CT molecular complexity index is 1740. The highest BCUT2D eigenvalue weighted by Gasteiger charge is 2.30. The zero-order valence-corrected chi connectivity index (χ0v) is 59.5. The van der Waals surface area contributed by atoms with E-state index in [0.29, 0.717) is 31.6 Å². The first-order valence-corrected chi connectivity index (χ1v) is 39.5. The van der Waals surface area contributed by atoms with Crippen molar-refractivity contribution in [3.63, 3.8) is 0 Å². The first kappa shape index (κ1) is 87.1. The molecule has 0 aliphatic carbocycles. The third kappa shape index (κ3) is 63.2. The van der Waals surface area contributed by atoms with Gasteiger partial charge in [-0.05, 0) is 37.5 Å². The minimum atomic E-state index is -4.95. The van der Waals surface area contributed by atoms with E-state index in [1.165, 1.54) is 167 Å². The molecule has 0 saturated heterocycles. The van der Waals surface area contributed by atoms with Gasteiger partial charge in [-0.2, -0.15) is 0 Å². The molecule has 0 rings (SSSR count). The molecule has 17 nitrogen and oxygen atoms in total. The fourth-order valence-electron chi connectivity index (χ4n) is 10.6. The van der Waals surface area contributed by atoms with Crippen LogP contribution < -0.4 is 0 Å². The Morgan fingerprint density at radius 1 is 0.326 bits per heavy atom. The van der Waals surface area contributed by atoms with Crippen molar-refractivity contribution in [1.29, 1.82) is 0 Å². The summed E-state index contributed by atoms with van der Waals surface area (Å²) < 4.78 is 68.2. The molecule has 0 bridgehead atoms. The lowest BCUT2D eigenvalue weighted by Crippen LogP contribution is -2.30. The summed E-state index contributed by atoms with van der Waals surface area (Å²) in [5.41, 5.74) is 0. The third-order valence-corrected chi connectivity index (χ3v) is 18.5. The van der Waals surface area contributed by atoms with Crippen LogP contribution in [0.3, 0.4) is 0 Å². The van der Waals surface area contributed by atoms with Gasteiger partial charge in [0.05, 0.1) is 26.4 Å². The van der Waals surface area contributed by atoms with Gasteiger partial charge in [0.25, 0.3) is 0 Å². The van der Waals surface area contributed by atoms with Crippen LogP contribution >= 0.6 is 15.6 Å². The molecule has 0 aromatic heterocycles. The standard InChI is InChI=1S/C70H136O17P2/c1-7-10-12-14-16-18-20-21-22-23-24-25-26-27-29-31-33-42-48-54-69(74)86-65(58-80-67(72)52-46-40-32-30-28-19-17-15-13-11-8-2)60-84-88(76,77)82-56-64(71)57-83-89(78,79)85-61-66(59-81-68(73)53-47-41-36-34-38-44-50-62(4)5)87-70(75)55-49-43-37-35-39-45-51-63(6)9-3/h62-66,71H,7-61H2,1-6H3,(H,76,77)(H,78,79)/t63?,64-,65-,66-/m1/s1. The van der Waals surface area contributed by atoms with E-state index in [2.05, 4.69) is 41.5 Å². The van der Waals surface area contributed by atoms with Crippen molar-refractivity contribution in [2.75, 3.05) is 39.6 Å². The fourth-order valence-corrected chi connectivity index (χ4v) is 12.1. The lowest BCUT2D eigenvalue weighted by Gasteiger charge is -2.21. The molecule has 89 heavy (non-hydrogen) atoms. The summed E-state index contributed by atoms with van der Waals surface area (Å²) in [7, 11) is -9.90. The van der Waals surface area contributed by atoms with Crippen molar-refractivity contribution in [3.05, 3.63) is 0 Å². The smallest absolute Gasteiger partial charge is 0.462 e. The van der Waals surface area contributed by atoms with Crippen molar-refractivity contribution in [2.24, 2.45) is 11.8 Å². The molecule has 0 aliphatic heterocycles. The molecule has 0 fully saturated rings.